The Morgan fingerprint density at radius 3 is 1.10 bits per heavy atom. The third kappa shape index (κ3) is 7.79. The van der Waals surface area contributed by atoms with Crippen LogP contribution in [0, 0.1) is 41.4 Å². The minimum atomic E-state index is -2.46. The first kappa shape index (κ1) is 38.4. The fourth-order valence-electron chi connectivity index (χ4n) is 13.1. The van der Waals surface area contributed by atoms with Crippen LogP contribution in [0.25, 0.3) is 0 Å². The molecule has 0 amide bonds. The van der Waals surface area contributed by atoms with E-state index in [-0.39, 0.29) is 0 Å². The van der Waals surface area contributed by atoms with Crippen molar-refractivity contribution in [3.05, 3.63) is 0 Å². The van der Waals surface area contributed by atoms with E-state index in [1.54, 1.807) is 0 Å². The molecule has 0 spiro atoms. The van der Waals surface area contributed by atoms with Crippen LogP contribution in [0.15, 0.2) is 0 Å². The Morgan fingerprint density at radius 2 is 0.680 bits per heavy atom. The summed E-state index contributed by atoms with van der Waals surface area (Å²) in [5.74, 6) is 6.43. The molecule has 0 radical (unpaired) electrons. The number of fused-ring (bicyclic) bond motifs is 4. The summed E-state index contributed by atoms with van der Waals surface area (Å²) in [6, 6.07) is 0.707. The maximum Gasteiger partial charge on any atom is 0.522 e. The standard InChI is InChI=1S/2C20H38N2O2Si/c1-23-25(24-2,21-13-11-17-7-3-5-9-19(17)15-21)22-14-12-18-8-4-6-10-20(18)16-22;1-23-25(24-2,21-15-13-17-8-3-4-10-19(17)16-21)22-14-7-11-18-9-5-6-12-20(18)22/h2*17-20H,3-16H2,1-2H3. The first-order valence-electron chi connectivity index (χ1n) is 21.8. The van der Waals surface area contributed by atoms with Gasteiger partial charge < -0.3 is 17.7 Å². The summed E-state index contributed by atoms with van der Waals surface area (Å²) >= 11 is 0. The molecule has 50 heavy (non-hydrogen) atoms. The largest absolute Gasteiger partial charge is 0.522 e. The minimum Gasteiger partial charge on any atom is -0.374 e. The zero-order chi connectivity index (χ0) is 34.6. The summed E-state index contributed by atoms with van der Waals surface area (Å²) in [6.07, 6.45) is 29.7. The van der Waals surface area contributed by atoms with Crippen molar-refractivity contribution in [2.24, 2.45) is 41.4 Å². The maximum absolute atomic E-state index is 6.36. The number of hydrogen-bond donors (Lipinski definition) is 0. The van der Waals surface area contributed by atoms with Gasteiger partial charge in [-0.25, -0.2) is 0 Å². The fourth-order valence-corrected chi connectivity index (χ4v) is 20.1. The van der Waals surface area contributed by atoms with Crippen LogP contribution in [0.1, 0.15) is 135 Å². The molecule has 0 aromatic rings. The van der Waals surface area contributed by atoms with Gasteiger partial charge in [-0.15, -0.1) is 0 Å². The Bertz CT molecular complexity index is 1010. The molecular formula is C40H76N4O4Si2. The van der Waals surface area contributed by atoms with Crippen LogP contribution in [0.2, 0.25) is 0 Å². The average Bonchev–Trinajstić information content (AvgIpc) is 3.19. The molecular weight excluding hydrogens is 657 g/mol. The number of piperidine rings is 4. The summed E-state index contributed by atoms with van der Waals surface area (Å²) in [6.45, 7) is 8.36. The van der Waals surface area contributed by atoms with E-state index in [0.29, 0.717) is 6.04 Å². The van der Waals surface area contributed by atoms with Crippen LogP contribution in [-0.2, 0) is 17.7 Å². The van der Waals surface area contributed by atoms with Crippen molar-refractivity contribution in [3.8, 4) is 0 Å². The molecule has 8 atom stereocenters. The SMILES string of the molecule is CO[Si](OC)(N1CCC2CCCCC2C1)N1CCC2CCCCC2C1.CO[Si](OC)(N1CCC2CCCCC2C1)N1CCCC2CCCCC21. The Labute approximate surface area is 309 Å². The number of nitrogens with zero attached hydrogens (tertiary/aromatic N) is 4. The Morgan fingerprint density at radius 1 is 0.340 bits per heavy atom. The van der Waals surface area contributed by atoms with Crippen molar-refractivity contribution in [1.82, 2.24) is 18.3 Å². The molecule has 0 aromatic heterocycles. The second-order valence-electron chi connectivity index (χ2n) is 18.0. The molecule has 4 saturated carbocycles. The normalized spacial score (nSPS) is 38.2. The number of rotatable bonds is 8. The van der Waals surface area contributed by atoms with Crippen molar-refractivity contribution in [2.75, 3.05) is 74.3 Å². The van der Waals surface area contributed by atoms with E-state index in [4.69, 9.17) is 17.7 Å². The molecule has 0 N–H and O–H groups in total. The maximum atomic E-state index is 6.36. The van der Waals surface area contributed by atoms with Gasteiger partial charge in [0, 0.05) is 34.5 Å². The predicted molar refractivity (Wildman–Crippen MR) is 206 cm³/mol. The Balaban J connectivity index is 0.000000157. The first-order valence-corrected chi connectivity index (χ1v) is 25.2. The van der Waals surface area contributed by atoms with Gasteiger partial charge >= 0.3 is 17.8 Å². The van der Waals surface area contributed by atoms with Gasteiger partial charge in [0.25, 0.3) is 0 Å². The lowest BCUT2D eigenvalue weighted by atomic mass is 9.76. The second-order valence-corrected chi connectivity index (χ2v) is 24.3. The molecule has 8 rings (SSSR count). The highest BCUT2D eigenvalue weighted by atomic mass is 28.4. The fraction of sp³-hybridized carbons (Fsp3) is 1.00. The van der Waals surface area contributed by atoms with Crippen molar-refractivity contribution in [1.29, 1.82) is 0 Å². The summed E-state index contributed by atoms with van der Waals surface area (Å²) in [4.78, 5) is 0. The molecule has 288 valence electrons. The van der Waals surface area contributed by atoms with Gasteiger partial charge in [0.2, 0.25) is 0 Å². The van der Waals surface area contributed by atoms with Gasteiger partial charge in [0.1, 0.15) is 0 Å². The van der Waals surface area contributed by atoms with Gasteiger partial charge in [-0.1, -0.05) is 70.6 Å². The van der Waals surface area contributed by atoms with E-state index in [1.165, 1.54) is 181 Å². The third-order valence-electron chi connectivity index (χ3n) is 15.7. The van der Waals surface area contributed by atoms with Crippen LogP contribution in [0.3, 0.4) is 0 Å². The molecule has 8 nitrogen and oxygen atoms in total. The van der Waals surface area contributed by atoms with Gasteiger partial charge in [-0.2, -0.15) is 0 Å². The molecule has 4 aliphatic carbocycles. The topological polar surface area (TPSA) is 49.9 Å². The van der Waals surface area contributed by atoms with Gasteiger partial charge in [-0.3, -0.25) is 18.3 Å². The van der Waals surface area contributed by atoms with Crippen LogP contribution in [0.5, 0.6) is 0 Å². The van der Waals surface area contributed by atoms with Crippen molar-refractivity contribution in [2.45, 2.75) is 141 Å². The molecule has 8 unspecified atom stereocenters. The molecule has 8 fully saturated rings. The van der Waals surface area contributed by atoms with Gasteiger partial charge in [0.15, 0.2) is 0 Å². The Kier molecular flexibility index (Phi) is 13.6. The third-order valence-corrected chi connectivity index (χ3v) is 22.8. The van der Waals surface area contributed by atoms with E-state index in [0.717, 1.165) is 41.4 Å². The lowest BCUT2D eigenvalue weighted by molar-refractivity contribution is 0.00520. The van der Waals surface area contributed by atoms with Crippen LogP contribution < -0.4 is 0 Å². The average molecular weight is 733 g/mol. The van der Waals surface area contributed by atoms with Crippen molar-refractivity contribution in [3.63, 3.8) is 0 Å². The monoisotopic (exact) mass is 733 g/mol. The van der Waals surface area contributed by atoms with Crippen LogP contribution >= 0.6 is 0 Å². The van der Waals surface area contributed by atoms with E-state index in [9.17, 15) is 0 Å². The van der Waals surface area contributed by atoms with Crippen LogP contribution in [-0.4, -0.2) is 116 Å². The lowest BCUT2D eigenvalue weighted by Gasteiger charge is -2.55. The first-order chi connectivity index (χ1) is 24.5. The molecule has 0 aromatic carbocycles. The summed E-state index contributed by atoms with van der Waals surface area (Å²) < 4.78 is 36.1. The second kappa shape index (κ2) is 17.7. The zero-order valence-electron chi connectivity index (χ0n) is 32.8. The van der Waals surface area contributed by atoms with E-state index < -0.39 is 17.8 Å². The quantitative estimate of drug-likeness (QED) is 0.237. The van der Waals surface area contributed by atoms with Crippen molar-refractivity contribution >= 4 is 17.8 Å². The highest BCUT2D eigenvalue weighted by Crippen LogP contribution is 2.44. The molecule has 0 bridgehead atoms. The van der Waals surface area contributed by atoms with E-state index in [2.05, 4.69) is 18.3 Å². The summed E-state index contributed by atoms with van der Waals surface area (Å²) in [5, 5.41) is 0. The van der Waals surface area contributed by atoms with Crippen LogP contribution in [0.4, 0.5) is 0 Å². The lowest BCUT2D eigenvalue weighted by Crippen LogP contribution is -2.74. The molecule has 8 aliphatic rings. The predicted octanol–water partition coefficient (Wildman–Crippen LogP) is 7.62. The summed E-state index contributed by atoms with van der Waals surface area (Å²) in [7, 11) is 2.79. The molecule has 4 heterocycles. The highest BCUT2D eigenvalue weighted by Gasteiger charge is 2.57. The molecule has 10 heteroatoms. The zero-order valence-corrected chi connectivity index (χ0v) is 34.8. The van der Waals surface area contributed by atoms with Gasteiger partial charge in [-0.05, 0) is 151 Å². The van der Waals surface area contributed by atoms with Gasteiger partial charge in [0.05, 0.1) is 0 Å². The number of hydrogen-bond acceptors (Lipinski definition) is 8. The highest BCUT2D eigenvalue weighted by molar-refractivity contribution is 6.62. The Hall–Kier alpha value is 0.114. The molecule has 4 aliphatic heterocycles. The smallest absolute Gasteiger partial charge is 0.374 e. The molecule has 4 saturated heterocycles. The van der Waals surface area contributed by atoms with E-state index >= 15 is 0 Å². The minimum absolute atomic E-state index is 0.707. The van der Waals surface area contributed by atoms with Crippen molar-refractivity contribution < 1.29 is 17.7 Å². The van der Waals surface area contributed by atoms with E-state index in [1.807, 2.05) is 28.4 Å². The summed E-state index contributed by atoms with van der Waals surface area (Å²) in [5.41, 5.74) is 0.